The zero-order valence-corrected chi connectivity index (χ0v) is 15.2. The van der Waals surface area contributed by atoms with Gasteiger partial charge in [0.25, 0.3) is 0 Å². The lowest BCUT2D eigenvalue weighted by molar-refractivity contribution is 1.16. The van der Waals surface area contributed by atoms with Crippen molar-refractivity contribution < 1.29 is 0 Å². The van der Waals surface area contributed by atoms with E-state index in [2.05, 4.69) is 30.6 Å². The largest absolute Gasteiger partial charge is 0.393 e. The fourth-order valence-electron chi connectivity index (χ4n) is 2.64. The summed E-state index contributed by atoms with van der Waals surface area (Å²) in [4.78, 5) is 17.3. The summed E-state index contributed by atoms with van der Waals surface area (Å²) in [6, 6.07) is 13.4. The van der Waals surface area contributed by atoms with Gasteiger partial charge < -0.3 is 16.4 Å². The molecule has 0 saturated heterocycles. The van der Waals surface area contributed by atoms with E-state index in [1.807, 2.05) is 37.3 Å². The Kier molecular flexibility index (Phi) is 4.43. The molecule has 0 amide bonds. The van der Waals surface area contributed by atoms with Crippen molar-refractivity contribution in [3.05, 3.63) is 65.7 Å². The maximum Gasteiger partial charge on any atom is 0.160 e. The minimum Gasteiger partial charge on any atom is -0.393 e. The smallest absolute Gasteiger partial charge is 0.160 e. The highest BCUT2D eigenvalue weighted by Crippen LogP contribution is 2.30. The van der Waals surface area contributed by atoms with Gasteiger partial charge in [-0.25, -0.2) is 15.0 Å². The Morgan fingerprint density at radius 3 is 2.52 bits per heavy atom. The fraction of sp³-hybridized carbons (Fsp3) is 0.0526. The van der Waals surface area contributed by atoms with Gasteiger partial charge in [0.1, 0.15) is 17.8 Å². The highest BCUT2D eigenvalue weighted by atomic mass is 35.5. The monoisotopic (exact) mass is 377 g/mol. The number of aromatic nitrogens is 4. The lowest BCUT2D eigenvalue weighted by Crippen LogP contribution is -2.06. The van der Waals surface area contributed by atoms with Crippen LogP contribution in [0.25, 0.3) is 10.9 Å². The molecule has 0 bridgehead atoms. The van der Waals surface area contributed by atoms with Gasteiger partial charge in [0.05, 0.1) is 16.2 Å². The summed E-state index contributed by atoms with van der Waals surface area (Å²) in [5.74, 6) is 1.52. The molecule has 4 N–H and O–H groups in total. The van der Waals surface area contributed by atoms with Crippen LogP contribution in [0.15, 0.2) is 55.0 Å². The van der Waals surface area contributed by atoms with Crippen LogP contribution in [-0.4, -0.2) is 19.9 Å². The molecule has 0 atom stereocenters. The van der Waals surface area contributed by atoms with Crippen molar-refractivity contribution in [2.24, 2.45) is 0 Å². The van der Waals surface area contributed by atoms with E-state index in [0.717, 1.165) is 22.3 Å². The number of hydrogen-bond acceptors (Lipinski definition) is 7. The van der Waals surface area contributed by atoms with Crippen molar-refractivity contribution in [3.63, 3.8) is 0 Å². The molecule has 0 aliphatic carbocycles. The number of hydrogen-bond donors (Lipinski definition) is 3. The Balaban J connectivity index is 1.67. The zero-order chi connectivity index (χ0) is 18.8. The average Bonchev–Trinajstić information content (AvgIpc) is 2.67. The van der Waals surface area contributed by atoms with Crippen molar-refractivity contribution in [2.75, 3.05) is 16.4 Å². The molecule has 4 rings (SSSR count). The maximum absolute atomic E-state index is 6.26. The van der Waals surface area contributed by atoms with Crippen LogP contribution in [0.2, 0.25) is 5.02 Å². The number of fused-ring (bicyclic) bond motifs is 1. The molecule has 0 saturated carbocycles. The number of anilines is 5. The number of nitrogens with one attached hydrogen (secondary N) is 2. The molecule has 0 radical (unpaired) electrons. The molecule has 7 nitrogen and oxygen atoms in total. The first-order valence-corrected chi connectivity index (χ1v) is 8.60. The Morgan fingerprint density at radius 1 is 0.926 bits per heavy atom. The number of nitrogens with zero attached hydrogens (tertiary/aromatic N) is 4. The molecule has 0 spiro atoms. The van der Waals surface area contributed by atoms with Gasteiger partial charge in [-0.2, -0.15) is 0 Å². The van der Waals surface area contributed by atoms with E-state index >= 15 is 0 Å². The van der Waals surface area contributed by atoms with Crippen molar-refractivity contribution in [2.45, 2.75) is 6.92 Å². The molecule has 1 aromatic carbocycles. The van der Waals surface area contributed by atoms with Crippen molar-refractivity contribution >= 4 is 51.3 Å². The number of aryl methyl sites for hydroxylation is 1. The molecule has 134 valence electrons. The maximum atomic E-state index is 6.26. The third-order valence-electron chi connectivity index (χ3n) is 3.97. The molecule has 0 fully saturated rings. The second-order valence-electron chi connectivity index (χ2n) is 5.93. The van der Waals surface area contributed by atoms with Gasteiger partial charge in [0.15, 0.2) is 11.6 Å². The molecule has 0 aliphatic rings. The Bertz CT molecular complexity index is 1110. The highest BCUT2D eigenvalue weighted by Gasteiger charge is 2.11. The first kappa shape index (κ1) is 17.0. The lowest BCUT2D eigenvalue weighted by atomic mass is 10.1. The Morgan fingerprint density at radius 2 is 1.74 bits per heavy atom. The number of para-hydroxylation sites is 1. The number of nitrogen functional groups attached to an aromatic ring is 1. The van der Waals surface area contributed by atoms with Crippen LogP contribution in [0.1, 0.15) is 5.69 Å². The molecule has 3 aromatic heterocycles. The van der Waals surface area contributed by atoms with Crippen LogP contribution >= 0.6 is 11.6 Å². The quantitative estimate of drug-likeness (QED) is 0.482. The van der Waals surface area contributed by atoms with Gasteiger partial charge >= 0.3 is 0 Å². The highest BCUT2D eigenvalue weighted by molar-refractivity contribution is 6.30. The summed E-state index contributed by atoms with van der Waals surface area (Å²) >= 11 is 5.86. The summed E-state index contributed by atoms with van der Waals surface area (Å²) in [6.45, 7) is 1.95. The van der Waals surface area contributed by atoms with Crippen LogP contribution < -0.4 is 16.4 Å². The number of rotatable bonds is 4. The predicted molar refractivity (Wildman–Crippen MR) is 109 cm³/mol. The second-order valence-corrected chi connectivity index (χ2v) is 6.36. The van der Waals surface area contributed by atoms with Gasteiger partial charge in [-0.05, 0) is 31.2 Å². The molecule has 8 heteroatoms. The lowest BCUT2D eigenvalue weighted by Gasteiger charge is -2.13. The summed E-state index contributed by atoms with van der Waals surface area (Å²) in [5, 5.41) is 7.91. The van der Waals surface area contributed by atoms with E-state index in [-0.39, 0.29) is 0 Å². The van der Waals surface area contributed by atoms with E-state index in [1.165, 1.54) is 6.33 Å². The number of benzene rings is 1. The van der Waals surface area contributed by atoms with Gasteiger partial charge in [-0.3, -0.25) is 4.98 Å². The first-order valence-electron chi connectivity index (χ1n) is 8.22. The summed E-state index contributed by atoms with van der Waals surface area (Å²) in [6.07, 6.45) is 2.98. The zero-order valence-electron chi connectivity index (χ0n) is 14.4. The van der Waals surface area contributed by atoms with Crippen LogP contribution in [0.4, 0.5) is 28.8 Å². The topological polar surface area (TPSA) is 102 Å². The van der Waals surface area contributed by atoms with Crippen molar-refractivity contribution in [1.82, 2.24) is 19.9 Å². The van der Waals surface area contributed by atoms with E-state index < -0.39 is 0 Å². The summed E-state index contributed by atoms with van der Waals surface area (Å²) in [7, 11) is 0. The molecule has 3 heterocycles. The summed E-state index contributed by atoms with van der Waals surface area (Å²) in [5.41, 5.74) is 9.23. The predicted octanol–water partition coefficient (Wildman–Crippen LogP) is 4.45. The van der Waals surface area contributed by atoms with Crippen LogP contribution in [-0.2, 0) is 0 Å². The van der Waals surface area contributed by atoms with Crippen LogP contribution in [0.3, 0.4) is 0 Å². The van der Waals surface area contributed by atoms with E-state index in [1.54, 1.807) is 18.3 Å². The molecular weight excluding hydrogens is 362 g/mol. The third kappa shape index (κ3) is 3.58. The summed E-state index contributed by atoms with van der Waals surface area (Å²) < 4.78 is 0. The minimum absolute atomic E-state index is 0.374. The van der Waals surface area contributed by atoms with Crippen molar-refractivity contribution in [3.8, 4) is 0 Å². The minimum atomic E-state index is 0.374. The molecule has 0 aliphatic heterocycles. The molecule has 0 unspecified atom stereocenters. The standard InChI is InChI=1S/C19H16ClN7/c1-11-5-6-12-3-2-4-14(17(12)25-11)26-18-16(21)19(24-10-23-18)27-15-8-7-13(20)9-22-15/h2-10H,21H2,1H3,(H2,22,23,24,26,27). The average molecular weight is 378 g/mol. The van der Waals surface area contributed by atoms with Crippen molar-refractivity contribution in [1.29, 1.82) is 0 Å². The first-order chi connectivity index (χ1) is 13.1. The number of nitrogens with two attached hydrogens (primary N) is 1. The Labute approximate surface area is 160 Å². The third-order valence-corrected chi connectivity index (χ3v) is 4.19. The van der Waals surface area contributed by atoms with Gasteiger partial charge in [0.2, 0.25) is 0 Å². The van der Waals surface area contributed by atoms with Gasteiger partial charge in [-0.1, -0.05) is 29.8 Å². The van der Waals surface area contributed by atoms with E-state index in [4.69, 9.17) is 17.3 Å². The number of halogens is 1. The van der Waals surface area contributed by atoms with Crippen LogP contribution in [0.5, 0.6) is 0 Å². The second kappa shape index (κ2) is 7.05. The van der Waals surface area contributed by atoms with Gasteiger partial charge in [-0.15, -0.1) is 0 Å². The van der Waals surface area contributed by atoms with Crippen LogP contribution in [0, 0.1) is 6.92 Å². The van der Waals surface area contributed by atoms with Gasteiger partial charge in [0, 0.05) is 17.3 Å². The van der Waals surface area contributed by atoms with E-state index in [9.17, 15) is 0 Å². The normalized spacial score (nSPS) is 10.7. The molecule has 4 aromatic rings. The Hall–Kier alpha value is -3.45. The number of pyridine rings is 2. The molecule has 27 heavy (non-hydrogen) atoms. The van der Waals surface area contributed by atoms with E-state index in [0.29, 0.717) is 28.2 Å². The SMILES string of the molecule is Cc1ccc2cccc(Nc3ncnc(Nc4ccc(Cl)cn4)c3N)c2n1. The fourth-order valence-corrected chi connectivity index (χ4v) is 2.75. The molecular formula is C19H16ClN7.